The Balaban J connectivity index is 2.28. The maximum Gasteiger partial charge on any atom is 0.252 e. The van der Waals surface area contributed by atoms with Gasteiger partial charge in [0.15, 0.2) is 9.84 Å². The van der Waals surface area contributed by atoms with Gasteiger partial charge in [-0.15, -0.1) is 0 Å². The van der Waals surface area contributed by atoms with Gasteiger partial charge in [0.05, 0.1) is 27.3 Å². The Kier molecular flexibility index (Phi) is 3.97. The Labute approximate surface area is 142 Å². The molecule has 126 valence electrons. The maximum absolute atomic E-state index is 13.7. The number of benzene rings is 1. The molecular formula is C15H13ClFN3O3S. The SMILES string of the molecule is N=c1c(C(N)=O)cc(Cl)cn1C1CCS(=O)(=O)c2ccc(F)cc21. The molecule has 0 aliphatic carbocycles. The number of pyridine rings is 1. The van der Waals surface area contributed by atoms with Crippen molar-refractivity contribution in [1.29, 1.82) is 5.41 Å². The van der Waals surface area contributed by atoms with Crippen LogP contribution in [0, 0.1) is 11.2 Å². The van der Waals surface area contributed by atoms with Crippen LogP contribution in [0.2, 0.25) is 5.02 Å². The predicted molar refractivity (Wildman–Crippen MR) is 85.0 cm³/mol. The van der Waals surface area contributed by atoms with Gasteiger partial charge in [-0.1, -0.05) is 11.6 Å². The molecule has 1 aromatic heterocycles. The molecule has 0 bridgehead atoms. The number of nitrogens with one attached hydrogen (secondary N) is 1. The number of halogens is 2. The van der Waals surface area contributed by atoms with Gasteiger partial charge in [-0.25, -0.2) is 12.8 Å². The summed E-state index contributed by atoms with van der Waals surface area (Å²) in [5.74, 6) is -1.56. The van der Waals surface area contributed by atoms with E-state index in [1.165, 1.54) is 22.9 Å². The Morgan fingerprint density at radius 2 is 2.08 bits per heavy atom. The summed E-state index contributed by atoms with van der Waals surface area (Å²) in [6, 6.07) is 4.07. The van der Waals surface area contributed by atoms with E-state index in [-0.39, 0.29) is 38.7 Å². The lowest BCUT2D eigenvalue weighted by Crippen LogP contribution is -2.35. The molecule has 3 N–H and O–H groups in total. The van der Waals surface area contributed by atoms with Gasteiger partial charge in [0.2, 0.25) is 0 Å². The van der Waals surface area contributed by atoms with Crippen molar-refractivity contribution in [3.63, 3.8) is 0 Å². The number of amides is 1. The summed E-state index contributed by atoms with van der Waals surface area (Å²) in [7, 11) is -3.52. The fraction of sp³-hybridized carbons (Fsp3) is 0.200. The first-order chi connectivity index (χ1) is 11.2. The number of sulfone groups is 1. The Bertz CT molecular complexity index is 1020. The highest BCUT2D eigenvalue weighted by Crippen LogP contribution is 2.35. The van der Waals surface area contributed by atoms with E-state index in [4.69, 9.17) is 22.7 Å². The summed E-state index contributed by atoms with van der Waals surface area (Å²) in [6.45, 7) is 0. The van der Waals surface area contributed by atoms with E-state index >= 15 is 0 Å². The van der Waals surface area contributed by atoms with Gasteiger partial charge in [0.25, 0.3) is 5.91 Å². The number of fused-ring (bicyclic) bond motifs is 1. The van der Waals surface area contributed by atoms with Crippen LogP contribution in [0.4, 0.5) is 4.39 Å². The monoisotopic (exact) mass is 369 g/mol. The highest BCUT2D eigenvalue weighted by atomic mass is 35.5. The average Bonchev–Trinajstić information content (AvgIpc) is 2.49. The first-order valence-corrected chi connectivity index (χ1v) is 9.02. The van der Waals surface area contributed by atoms with Crippen LogP contribution in [0.3, 0.4) is 0 Å². The lowest BCUT2D eigenvalue weighted by atomic mass is 10.0. The molecule has 3 rings (SSSR count). The lowest BCUT2D eigenvalue weighted by molar-refractivity contribution is 0.0997. The van der Waals surface area contributed by atoms with Crippen LogP contribution in [0.25, 0.3) is 0 Å². The number of hydrogen-bond acceptors (Lipinski definition) is 4. The van der Waals surface area contributed by atoms with Crippen LogP contribution < -0.4 is 11.2 Å². The zero-order chi connectivity index (χ0) is 17.6. The van der Waals surface area contributed by atoms with Crippen LogP contribution in [0.1, 0.15) is 28.4 Å². The van der Waals surface area contributed by atoms with E-state index in [9.17, 15) is 17.6 Å². The minimum Gasteiger partial charge on any atom is -0.365 e. The van der Waals surface area contributed by atoms with Gasteiger partial charge in [-0.3, -0.25) is 10.2 Å². The van der Waals surface area contributed by atoms with Gasteiger partial charge in [-0.05, 0) is 36.2 Å². The van der Waals surface area contributed by atoms with E-state index in [0.29, 0.717) is 0 Å². The summed E-state index contributed by atoms with van der Waals surface area (Å²) in [5.41, 5.74) is 5.20. The molecule has 1 aliphatic heterocycles. The molecule has 24 heavy (non-hydrogen) atoms. The topological polar surface area (TPSA) is 106 Å². The molecule has 6 nitrogen and oxygen atoms in total. The minimum absolute atomic E-state index is 0.0210. The summed E-state index contributed by atoms with van der Waals surface area (Å²) >= 11 is 6.00. The van der Waals surface area contributed by atoms with Crippen molar-refractivity contribution >= 4 is 27.3 Å². The largest absolute Gasteiger partial charge is 0.365 e. The Morgan fingerprint density at radius 3 is 2.75 bits per heavy atom. The number of hydrogen-bond donors (Lipinski definition) is 2. The molecule has 1 unspecified atom stereocenters. The smallest absolute Gasteiger partial charge is 0.252 e. The van der Waals surface area contributed by atoms with Gasteiger partial charge in [-0.2, -0.15) is 0 Å². The standard InChI is InChI=1S/C15H13ClFN3O3S/c16-8-5-11(15(19)21)14(18)20(7-8)12-3-4-24(22,23)13-2-1-9(17)6-10(12)13/h1-2,5-7,12,18H,3-4H2,(H2,19,21). The van der Waals surface area contributed by atoms with Gasteiger partial charge in [0, 0.05) is 6.20 Å². The second-order valence-corrected chi connectivity index (χ2v) is 8.01. The second-order valence-electron chi connectivity index (χ2n) is 5.50. The van der Waals surface area contributed by atoms with Crippen LogP contribution in [-0.2, 0) is 9.84 Å². The Morgan fingerprint density at radius 1 is 1.38 bits per heavy atom. The molecule has 9 heteroatoms. The quantitative estimate of drug-likeness (QED) is 0.785. The normalized spacial score (nSPS) is 18.8. The van der Waals surface area contributed by atoms with Crippen molar-refractivity contribution in [3.8, 4) is 0 Å². The number of nitrogens with two attached hydrogens (primary N) is 1. The van der Waals surface area contributed by atoms with Crippen LogP contribution in [0.15, 0.2) is 35.4 Å². The van der Waals surface area contributed by atoms with E-state index in [2.05, 4.69) is 0 Å². The Hall–Kier alpha value is -2.19. The van der Waals surface area contributed by atoms with Crippen LogP contribution >= 0.6 is 11.6 Å². The van der Waals surface area contributed by atoms with Crippen molar-refractivity contribution in [1.82, 2.24) is 4.57 Å². The molecule has 1 atom stereocenters. The van der Waals surface area contributed by atoms with Gasteiger partial charge >= 0.3 is 0 Å². The molecule has 0 fully saturated rings. The molecule has 0 saturated carbocycles. The highest BCUT2D eigenvalue weighted by molar-refractivity contribution is 7.91. The number of carbonyl (C=O) groups is 1. The number of rotatable bonds is 2. The second kappa shape index (κ2) is 5.71. The number of aromatic nitrogens is 1. The fourth-order valence-electron chi connectivity index (χ4n) is 2.90. The summed E-state index contributed by atoms with van der Waals surface area (Å²) < 4.78 is 39.4. The number of nitrogens with zero attached hydrogens (tertiary/aromatic N) is 1. The van der Waals surface area contributed by atoms with Crippen molar-refractivity contribution in [2.75, 3.05) is 5.75 Å². The molecule has 1 aliphatic rings. The van der Waals surface area contributed by atoms with E-state index < -0.39 is 27.6 Å². The van der Waals surface area contributed by atoms with Crippen molar-refractivity contribution in [2.45, 2.75) is 17.4 Å². The summed E-state index contributed by atoms with van der Waals surface area (Å²) in [4.78, 5) is 11.5. The van der Waals surface area contributed by atoms with Crippen molar-refractivity contribution in [3.05, 3.63) is 57.9 Å². The van der Waals surface area contributed by atoms with E-state index in [1.807, 2.05) is 0 Å². The van der Waals surface area contributed by atoms with Crippen molar-refractivity contribution < 1.29 is 17.6 Å². The third-order valence-electron chi connectivity index (χ3n) is 3.99. The van der Waals surface area contributed by atoms with Crippen LogP contribution in [0.5, 0.6) is 0 Å². The van der Waals surface area contributed by atoms with Crippen molar-refractivity contribution in [2.24, 2.45) is 5.73 Å². The summed E-state index contributed by atoms with van der Waals surface area (Å²) in [6.07, 6.45) is 1.54. The first kappa shape index (κ1) is 16.7. The molecule has 0 spiro atoms. The average molecular weight is 370 g/mol. The van der Waals surface area contributed by atoms with Crippen LogP contribution in [-0.4, -0.2) is 24.6 Å². The molecule has 0 radical (unpaired) electrons. The zero-order valence-corrected chi connectivity index (χ0v) is 13.9. The predicted octanol–water partition coefficient (Wildman–Crippen LogP) is 1.63. The minimum atomic E-state index is -3.52. The number of carbonyl (C=O) groups excluding carboxylic acids is 1. The molecule has 1 amide bonds. The van der Waals surface area contributed by atoms with E-state index in [1.54, 1.807) is 0 Å². The van der Waals surface area contributed by atoms with Gasteiger partial charge < -0.3 is 10.3 Å². The fourth-order valence-corrected chi connectivity index (χ4v) is 4.69. The lowest BCUT2D eigenvalue weighted by Gasteiger charge is -2.28. The molecule has 1 aromatic carbocycles. The molecule has 2 heterocycles. The highest BCUT2D eigenvalue weighted by Gasteiger charge is 2.32. The van der Waals surface area contributed by atoms with E-state index in [0.717, 1.165) is 12.1 Å². The third-order valence-corrected chi connectivity index (χ3v) is 6.01. The molecular weight excluding hydrogens is 357 g/mol. The third kappa shape index (κ3) is 2.71. The molecule has 0 saturated heterocycles. The molecule has 2 aromatic rings. The zero-order valence-electron chi connectivity index (χ0n) is 12.3. The number of primary amides is 1. The maximum atomic E-state index is 13.7. The summed E-state index contributed by atoms with van der Waals surface area (Å²) in [5, 5.41) is 8.34. The first-order valence-electron chi connectivity index (χ1n) is 6.99. The van der Waals surface area contributed by atoms with Gasteiger partial charge in [0.1, 0.15) is 11.3 Å².